The lowest BCUT2D eigenvalue weighted by Crippen LogP contribution is -2.48. The van der Waals surface area contributed by atoms with Crippen LogP contribution in [0.2, 0.25) is 0 Å². The number of fused-ring (bicyclic) bond motifs is 3. The Kier molecular flexibility index (Phi) is 5.93. The topological polar surface area (TPSA) is 8.81 Å². The lowest BCUT2D eigenvalue weighted by atomic mass is 9.55. The first-order valence-electron chi connectivity index (χ1n) is 14.7. The molecule has 190 valence electrons. The average molecular weight is 482 g/mol. The zero-order valence-corrected chi connectivity index (χ0v) is 23.2. The number of hydrogen-bond donors (Lipinski definition) is 0. The second kappa shape index (κ2) is 8.89. The van der Waals surface area contributed by atoms with E-state index in [1.807, 2.05) is 0 Å². The molecule has 0 N–H and O–H groups in total. The summed E-state index contributed by atoms with van der Waals surface area (Å²) < 4.78 is 5.42. The van der Waals surface area contributed by atoms with Gasteiger partial charge in [0.1, 0.15) is 17.1 Å². The molecule has 0 atom stereocenters. The third-order valence-corrected chi connectivity index (χ3v) is 9.83. The summed E-state index contributed by atoms with van der Waals surface area (Å²) in [6.45, 7) is 12.0. The Morgan fingerprint density at radius 3 is 1.89 bits per heavy atom. The predicted molar refractivity (Wildman–Crippen MR) is 149 cm³/mol. The van der Waals surface area contributed by atoms with Crippen LogP contribution in [0.4, 0.5) is 0 Å². The van der Waals surface area contributed by atoms with Crippen molar-refractivity contribution in [2.75, 3.05) is 0 Å². The summed E-state index contributed by atoms with van der Waals surface area (Å²) >= 11 is 0. The molecule has 2 saturated carbocycles. The van der Waals surface area contributed by atoms with Gasteiger partial charge in [-0.25, -0.2) is 0 Å². The van der Waals surface area contributed by atoms with Gasteiger partial charge in [0, 0.05) is 12.5 Å². The number of imidazole rings is 1. The fraction of sp³-hybridized carbons (Fsp3) is 0.559. The number of rotatable bonds is 3. The highest BCUT2D eigenvalue weighted by atomic mass is 15.2. The first kappa shape index (κ1) is 24.0. The third-order valence-electron chi connectivity index (χ3n) is 9.83. The Bertz CT molecular complexity index is 1240. The van der Waals surface area contributed by atoms with Gasteiger partial charge in [0.2, 0.25) is 0 Å². The van der Waals surface area contributed by atoms with E-state index in [4.69, 9.17) is 0 Å². The van der Waals surface area contributed by atoms with Gasteiger partial charge in [-0.05, 0) is 82.9 Å². The summed E-state index contributed by atoms with van der Waals surface area (Å²) in [7, 11) is 0. The highest BCUT2D eigenvalue weighted by Gasteiger charge is 2.61. The van der Waals surface area contributed by atoms with Crippen LogP contribution in [0.1, 0.15) is 113 Å². The van der Waals surface area contributed by atoms with E-state index in [0.717, 1.165) is 11.8 Å². The van der Waals surface area contributed by atoms with Crippen molar-refractivity contribution in [2.45, 2.75) is 110 Å². The molecule has 2 fully saturated rings. The van der Waals surface area contributed by atoms with Crippen molar-refractivity contribution in [2.24, 2.45) is 11.8 Å². The van der Waals surface area contributed by atoms with Crippen LogP contribution >= 0.6 is 0 Å². The van der Waals surface area contributed by atoms with Gasteiger partial charge in [-0.1, -0.05) is 74.9 Å². The molecule has 2 heteroatoms. The standard InChI is InChI=1S/C34H45N2/c1-24-16-12-14-22-29(24)35-25(2)31-34(26-17-8-6-9-18-26,27-19-10-7-11-20-27)28-21-13-15-23-30(28)36(31)32(35)33(3,4)5/h12-16,21-23,26-27H,6-11,17-20H2,1-5H3/q+1. The highest BCUT2D eigenvalue weighted by Crippen LogP contribution is 2.58. The number of nitrogens with zero attached hydrogens (tertiary/aromatic N) is 2. The quantitative estimate of drug-likeness (QED) is 0.332. The van der Waals surface area contributed by atoms with Crippen molar-refractivity contribution in [3.05, 3.63) is 76.9 Å². The first-order chi connectivity index (χ1) is 17.4. The van der Waals surface area contributed by atoms with Gasteiger partial charge in [0.05, 0.1) is 10.8 Å². The van der Waals surface area contributed by atoms with Crippen LogP contribution < -0.4 is 4.57 Å². The van der Waals surface area contributed by atoms with Gasteiger partial charge in [-0.3, -0.25) is 0 Å². The molecule has 1 aliphatic heterocycles. The first-order valence-corrected chi connectivity index (χ1v) is 14.7. The third kappa shape index (κ3) is 3.39. The van der Waals surface area contributed by atoms with Crippen molar-refractivity contribution < 1.29 is 4.57 Å². The van der Waals surface area contributed by atoms with E-state index >= 15 is 0 Å². The maximum absolute atomic E-state index is 2.76. The van der Waals surface area contributed by atoms with E-state index in [2.05, 4.69) is 92.3 Å². The van der Waals surface area contributed by atoms with Gasteiger partial charge < -0.3 is 0 Å². The average Bonchev–Trinajstić information content (AvgIpc) is 3.36. The van der Waals surface area contributed by atoms with Gasteiger partial charge in [-0.2, -0.15) is 9.13 Å². The Balaban J connectivity index is 1.75. The molecule has 1 aromatic heterocycles. The maximum Gasteiger partial charge on any atom is 0.272 e. The Hall–Kier alpha value is -2.35. The minimum atomic E-state index is 0.00755. The van der Waals surface area contributed by atoms with E-state index in [1.54, 1.807) is 11.3 Å². The SMILES string of the molecule is Cc1ccccc1-n1c(C)c2[n+](c1C(C)(C)C)-c1ccccc1C2(C1CCCCC1)C1CCCCC1. The van der Waals surface area contributed by atoms with Crippen LogP contribution in [0.3, 0.4) is 0 Å². The molecule has 0 bridgehead atoms. The molecule has 0 unspecified atom stereocenters. The minimum absolute atomic E-state index is 0.00755. The van der Waals surface area contributed by atoms with Crippen molar-refractivity contribution >= 4 is 0 Å². The molecule has 0 spiro atoms. The molecular weight excluding hydrogens is 436 g/mol. The van der Waals surface area contributed by atoms with Gasteiger partial charge >= 0.3 is 0 Å². The summed E-state index contributed by atoms with van der Waals surface area (Å²) in [6, 6.07) is 18.6. The summed E-state index contributed by atoms with van der Waals surface area (Å²) in [5.74, 6) is 2.91. The van der Waals surface area contributed by atoms with Gasteiger partial charge in [0.25, 0.3) is 5.82 Å². The van der Waals surface area contributed by atoms with Crippen molar-refractivity contribution in [1.82, 2.24) is 4.57 Å². The zero-order chi connectivity index (χ0) is 25.1. The molecule has 2 aromatic carbocycles. The minimum Gasteiger partial charge on any atom is -0.196 e. The lowest BCUT2D eigenvalue weighted by molar-refractivity contribution is -0.612. The van der Waals surface area contributed by atoms with Crippen LogP contribution in [-0.2, 0) is 10.8 Å². The second-order valence-electron chi connectivity index (χ2n) is 13.0. The van der Waals surface area contributed by atoms with E-state index in [-0.39, 0.29) is 10.8 Å². The van der Waals surface area contributed by atoms with E-state index in [9.17, 15) is 0 Å². The molecule has 2 heterocycles. The van der Waals surface area contributed by atoms with E-state index < -0.39 is 0 Å². The molecule has 3 aromatic rings. The predicted octanol–water partition coefficient (Wildman–Crippen LogP) is 8.43. The van der Waals surface area contributed by atoms with Crippen LogP contribution in [0.25, 0.3) is 11.4 Å². The Morgan fingerprint density at radius 1 is 0.750 bits per heavy atom. The molecule has 0 radical (unpaired) electrons. The molecule has 2 nitrogen and oxygen atoms in total. The monoisotopic (exact) mass is 481 g/mol. The Labute approximate surface area is 218 Å². The molecule has 3 aliphatic rings. The molecule has 6 rings (SSSR count). The number of aromatic nitrogens is 2. The van der Waals surface area contributed by atoms with Crippen LogP contribution in [0.15, 0.2) is 48.5 Å². The maximum atomic E-state index is 2.76. The van der Waals surface area contributed by atoms with Gasteiger partial charge in [0.15, 0.2) is 5.69 Å². The van der Waals surface area contributed by atoms with Crippen molar-refractivity contribution in [3.63, 3.8) is 0 Å². The molecular formula is C34H45N2+. The smallest absolute Gasteiger partial charge is 0.196 e. The number of para-hydroxylation sites is 2. The summed E-state index contributed by atoms with van der Waals surface area (Å²) in [5.41, 5.74) is 9.06. The lowest BCUT2D eigenvalue weighted by Gasteiger charge is -2.46. The fourth-order valence-corrected chi connectivity index (χ4v) is 8.55. The second-order valence-corrected chi connectivity index (χ2v) is 13.0. The largest absolute Gasteiger partial charge is 0.272 e. The zero-order valence-electron chi connectivity index (χ0n) is 23.2. The molecule has 36 heavy (non-hydrogen) atoms. The van der Waals surface area contributed by atoms with Crippen LogP contribution in [0.5, 0.6) is 0 Å². The summed E-state index contributed by atoms with van der Waals surface area (Å²) in [4.78, 5) is 0. The summed E-state index contributed by atoms with van der Waals surface area (Å²) in [5, 5.41) is 0. The van der Waals surface area contributed by atoms with E-state index in [0.29, 0.717) is 0 Å². The van der Waals surface area contributed by atoms with Gasteiger partial charge in [-0.15, -0.1) is 0 Å². The normalized spacial score (nSPS) is 20.4. The number of hydrogen-bond acceptors (Lipinski definition) is 0. The Morgan fingerprint density at radius 2 is 1.31 bits per heavy atom. The fourth-order valence-electron chi connectivity index (χ4n) is 8.55. The van der Waals surface area contributed by atoms with Crippen LogP contribution in [0, 0.1) is 25.7 Å². The van der Waals surface area contributed by atoms with Crippen molar-refractivity contribution in [1.29, 1.82) is 0 Å². The highest BCUT2D eigenvalue weighted by molar-refractivity contribution is 5.55. The summed E-state index contributed by atoms with van der Waals surface area (Å²) in [6.07, 6.45) is 13.9. The van der Waals surface area contributed by atoms with Crippen molar-refractivity contribution in [3.8, 4) is 11.4 Å². The van der Waals surface area contributed by atoms with E-state index in [1.165, 1.54) is 92.7 Å². The molecule has 0 amide bonds. The molecule has 2 aliphatic carbocycles. The number of benzene rings is 2. The van der Waals surface area contributed by atoms with Crippen LogP contribution in [-0.4, -0.2) is 4.57 Å². The number of aryl methyl sites for hydroxylation is 1. The molecule has 0 saturated heterocycles.